The summed E-state index contributed by atoms with van der Waals surface area (Å²) in [5.41, 5.74) is 2.30. The van der Waals surface area contributed by atoms with Crippen LogP contribution in [0.3, 0.4) is 0 Å². The van der Waals surface area contributed by atoms with Crippen molar-refractivity contribution < 1.29 is 0 Å². The Balaban J connectivity index is 1.91. The summed E-state index contributed by atoms with van der Waals surface area (Å²) >= 11 is 7.35. The number of nitriles is 1. The van der Waals surface area contributed by atoms with E-state index in [0.717, 1.165) is 10.8 Å². The summed E-state index contributed by atoms with van der Waals surface area (Å²) in [6, 6.07) is 9.47. The molecule has 0 fully saturated rings. The molecule has 2 heterocycles. The molecule has 0 amide bonds. The lowest BCUT2D eigenvalue weighted by Crippen LogP contribution is -2.08. The first-order valence-electron chi connectivity index (χ1n) is 5.95. The zero-order valence-electron chi connectivity index (χ0n) is 10.9. The number of H-pyrrole nitrogens is 1. The molecule has 0 atom stereocenters. The minimum absolute atomic E-state index is 0.237. The maximum Gasteiger partial charge on any atom is 0.192 e. The van der Waals surface area contributed by atoms with Crippen LogP contribution in [0.5, 0.6) is 0 Å². The van der Waals surface area contributed by atoms with Gasteiger partial charge in [0.15, 0.2) is 10.8 Å². The fraction of sp³-hybridized carbons (Fsp3) is 0.0769. The molecule has 0 saturated carbocycles. The molecule has 0 bridgehead atoms. The highest BCUT2D eigenvalue weighted by Gasteiger charge is 2.15. The van der Waals surface area contributed by atoms with Gasteiger partial charge < -0.3 is 4.90 Å². The van der Waals surface area contributed by atoms with Crippen LogP contribution in [0.1, 0.15) is 5.69 Å². The largest absolute Gasteiger partial charge is 0.321 e. The first-order chi connectivity index (χ1) is 10.2. The standard InChI is InChI=1S/C13H9ClN6S/c1-20(9-4-2-8(14)3-5-9)13-16-11(7-21-13)12-10(6-15)17-19-18-12/h2-5,7H,1H3,(H,17,18,19). The highest BCUT2D eigenvalue weighted by molar-refractivity contribution is 7.14. The maximum atomic E-state index is 8.97. The molecule has 3 aromatic rings. The Morgan fingerprint density at radius 2 is 2.05 bits per heavy atom. The minimum Gasteiger partial charge on any atom is -0.321 e. The van der Waals surface area contributed by atoms with Gasteiger partial charge in [-0.05, 0) is 24.3 Å². The Labute approximate surface area is 129 Å². The molecule has 8 heteroatoms. The van der Waals surface area contributed by atoms with Crippen molar-refractivity contribution in [3.8, 4) is 17.5 Å². The van der Waals surface area contributed by atoms with Crippen LogP contribution in [0, 0.1) is 11.3 Å². The molecule has 0 radical (unpaired) electrons. The van der Waals surface area contributed by atoms with E-state index in [1.54, 1.807) is 0 Å². The number of thiazole rings is 1. The van der Waals surface area contributed by atoms with Crippen molar-refractivity contribution in [2.45, 2.75) is 0 Å². The van der Waals surface area contributed by atoms with Gasteiger partial charge in [0.25, 0.3) is 0 Å². The second-order valence-electron chi connectivity index (χ2n) is 4.18. The van der Waals surface area contributed by atoms with E-state index >= 15 is 0 Å². The summed E-state index contributed by atoms with van der Waals surface area (Å²) in [7, 11) is 1.92. The quantitative estimate of drug-likeness (QED) is 0.802. The summed E-state index contributed by atoms with van der Waals surface area (Å²) in [6.07, 6.45) is 0. The van der Waals surface area contributed by atoms with Gasteiger partial charge in [-0.1, -0.05) is 11.6 Å². The number of hydrogen-bond donors (Lipinski definition) is 1. The molecule has 21 heavy (non-hydrogen) atoms. The van der Waals surface area contributed by atoms with E-state index in [2.05, 4.69) is 20.4 Å². The molecule has 1 aromatic carbocycles. The van der Waals surface area contributed by atoms with E-state index < -0.39 is 0 Å². The van der Waals surface area contributed by atoms with Crippen molar-refractivity contribution >= 4 is 33.8 Å². The number of hydrogen-bond acceptors (Lipinski definition) is 6. The van der Waals surface area contributed by atoms with Gasteiger partial charge in [-0.3, -0.25) is 0 Å². The van der Waals surface area contributed by atoms with Gasteiger partial charge in [0.05, 0.1) is 0 Å². The first-order valence-corrected chi connectivity index (χ1v) is 7.21. The second kappa shape index (κ2) is 5.52. The van der Waals surface area contributed by atoms with Gasteiger partial charge in [0.1, 0.15) is 17.5 Å². The summed E-state index contributed by atoms with van der Waals surface area (Å²) < 4.78 is 0. The SMILES string of the molecule is CN(c1ccc(Cl)cc1)c1nc(-c2n[nH]nc2C#N)cs1. The molecule has 0 aliphatic rings. The molecular weight excluding hydrogens is 308 g/mol. The summed E-state index contributed by atoms with van der Waals surface area (Å²) in [5.74, 6) is 0. The van der Waals surface area contributed by atoms with Gasteiger partial charge in [0.2, 0.25) is 0 Å². The lowest BCUT2D eigenvalue weighted by molar-refractivity contribution is 0.936. The molecule has 0 aliphatic carbocycles. The highest BCUT2D eigenvalue weighted by Crippen LogP contribution is 2.31. The molecule has 0 spiro atoms. The fourth-order valence-electron chi connectivity index (χ4n) is 1.79. The van der Waals surface area contributed by atoms with E-state index in [1.807, 2.05) is 47.7 Å². The smallest absolute Gasteiger partial charge is 0.192 e. The zero-order valence-corrected chi connectivity index (χ0v) is 12.5. The van der Waals surface area contributed by atoms with Crippen molar-refractivity contribution in [1.29, 1.82) is 5.26 Å². The first kappa shape index (κ1) is 13.5. The summed E-state index contributed by atoms with van der Waals surface area (Å²) in [6.45, 7) is 0. The Bertz CT molecular complexity index is 801. The lowest BCUT2D eigenvalue weighted by Gasteiger charge is -2.15. The monoisotopic (exact) mass is 316 g/mol. The number of nitrogens with one attached hydrogen (secondary N) is 1. The highest BCUT2D eigenvalue weighted by atomic mass is 35.5. The van der Waals surface area contributed by atoms with Crippen LogP contribution in [0.15, 0.2) is 29.6 Å². The predicted molar refractivity (Wildman–Crippen MR) is 81.7 cm³/mol. The Morgan fingerprint density at radius 3 is 2.76 bits per heavy atom. The Kier molecular flexibility index (Phi) is 3.56. The van der Waals surface area contributed by atoms with Crippen LogP contribution in [0.25, 0.3) is 11.4 Å². The normalized spacial score (nSPS) is 10.3. The van der Waals surface area contributed by atoms with Crippen LogP contribution in [0.2, 0.25) is 5.02 Å². The molecule has 6 nitrogen and oxygen atoms in total. The number of halogens is 1. The molecule has 0 unspecified atom stereocenters. The molecule has 1 N–H and O–H groups in total. The number of aromatic nitrogens is 4. The Morgan fingerprint density at radius 1 is 1.29 bits per heavy atom. The van der Waals surface area contributed by atoms with Crippen LogP contribution < -0.4 is 4.90 Å². The number of anilines is 2. The van der Waals surface area contributed by atoms with E-state index in [4.69, 9.17) is 16.9 Å². The van der Waals surface area contributed by atoms with Crippen LogP contribution >= 0.6 is 22.9 Å². The molecule has 3 rings (SSSR count). The molecule has 0 saturated heterocycles. The van der Waals surface area contributed by atoms with Crippen molar-refractivity contribution in [2.75, 3.05) is 11.9 Å². The van der Waals surface area contributed by atoms with Crippen molar-refractivity contribution in [3.05, 3.63) is 40.4 Å². The fourth-order valence-corrected chi connectivity index (χ4v) is 2.71. The number of nitrogens with zero attached hydrogens (tertiary/aromatic N) is 5. The average molecular weight is 317 g/mol. The van der Waals surface area contributed by atoms with Gasteiger partial charge in [-0.15, -0.1) is 16.4 Å². The number of benzene rings is 1. The zero-order chi connectivity index (χ0) is 14.8. The van der Waals surface area contributed by atoms with Crippen molar-refractivity contribution in [3.63, 3.8) is 0 Å². The third-order valence-electron chi connectivity index (χ3n) is 2.89. The third-order valence-corrected chi connectivity index (χ3v) is 4.06. The van der Waals surface area contributed by atoms with Gasteiger partial charge in [-0.2, -0.15) is 15.6 Å². The topological polar surface area (TPSA) is 81.5 Å². The van der Waals surface area contributed by atoms with E-state index in [1.165, 1.54) is 11.3 Å². The van der Waals surface area contributed by atoms with Crippen molar-refractivity contribution in [2.24, 2.45) is 0 Å². The van der Waals surface area contributed by atoms with E-state index in [-0.39, 0.29) is 5.69 Å². The summed E-state index contributed by atoms with van der Waals surface area (Å²) in [4.78, 5) is 6.44. The van der Waals surface area contributed by atoms with Gasteiger partial charge in [0, 0.05) is 23.1 Å². The molecular formula is C13H9ClN6S. The Hall–Kier alpha value is -2.43. The van der Waals surface area contributed by atoms with Crippen LogP contribution in [-0.2, 0) is 0 Å². The summed E-state index contributed by atoms with van der Waals surface area (Å²) in [5, 5.41) is 22.5. The molecule has 0 aliphatic heterocycles. The third kappa shape index (κ3) is 2.59. The van der Waals surface area contributed by atoms with Crippen molar-refractivity contribution in [1.82, 2.24) is 20.4 Å². The maximum absolute atomic E-state index is 8.97. The van der Waals surface area contributed by atoms with Crippen LogP contribution in [-0.4, -0.2) is 27.4 Å². The second-order valence-corrected chi connectivity index (χ2v) is 5.46. The van der Waals surface area contributed by atoms with Gasteiger partial charge >= 0.3 is 0 Å². The molecule has 2 aromatic heterocycles. The lowest BCUT2D eigenvalue weighted by atomic mass is 10.3. The van der Waals surface area contributed by atoms with E-state index in [9.17, 15) is 0 Å². The molecule has 104 valence electrons. The number of aromatic amines is 1. The number of rotatable bonds is 3. The predicted octanol–water partition coefficient (Wildman–Crippen LogP) is 3.22. The van der Waals surface area contributed by atoms with Crippen LogP contribution in [0.4, 0.5) is 10.8 Å². The van der Waals surface area contributed by atoms with E-state index in [0.29, 0.717) is 16.4 Å². The minimum atomic E-state index is 0.237. The van der Waals surface area contributed by atoms with Gasteiger partial charge in [-0.25, -0.2) is 4.98 Å². The average Bonchev–Trinajstić information content (AvgIpc) is 3.15.